The summed E-state index contributed by atoms with van der Waals surface area (Å²) in [6, 6.07) is 4.11. The highest BCUT2D eigenvalue weighted by molar-refractivity contribution is 6.15. The van der Waals surface area contributed by atoms with E-state index in [9.17, 15) is 4.79 Å². The van der Waals surface area contributed by atoms with Crippen molar-refractivity contribution in [3.63, 3.8) is 0 Å². The molecule has 1 aliphatic heterocycles. The van der Waals surface area contributed by atoms with Crippen molar-refractivity contribution in [2.24, 2.45) is 4.99 Å². The summed E-state index contributed by atoms with van der Waals surface area (Å²) in [5.74, 6) is 1.19. The number of benzene rings is 1. The predicted octanol–water partition coefficient (Wildman–Crippen LogP) is 5.08. The molecule has 1 fully saturated rings. The largest absolute Gasteiger partial charge is 0.490 e. The fraction of sp³-hybridized carbons (Fsp3) is 0.524. The van der Waals surface area contributed by atoms with E-state index in [0.29, 0.717) is 12.0 Å². The first-order valence-corrected chi connectivity index (χ1v) is 9.43. The SMILES string of the molecule is Cc1cc(C)c(OC2CCCC2)cc1N=C1OC(=O)C2=C1CCCC2. The lowest BCUT2D eigenvalue weighted by molar-refractivity contribution is -0.130. The normalized spacial score (nSPS) is 22.5. The quantitative estimate of drug-likeness (QED) is 0.721. The maximum atomic E-state index is 12.1. The Morgan fingerprint density at radius 3 is 2.48 bits per heavy atom. The van der Waals surface area contributed by atoms with Gasteiger partial charge in [0.05, 0.1) is 11.8 Å². The molecule has 2 aliphatic carbocycles. The number of hydrogen-bond donors (Lipinski definition) is 0. The smallest absolute Gasteiger partial charge is 0.341 e. The summed E-state index contributed by atoms with van der Waals surface area (Å²) >= 11 is 0. The Morgan fingerprint density at radius 2 is 1.72 bits per heavy atom. The van der Waals surface area contributed by atoms with E-state index in [1.165, 1.54) is 12.8 Å². The first kappa shape index (κ1) is 16.4. The van der Waals surface area contributed by atoms with Gasteiger partial charge in [-0.2, -0.15) is 0 Å². The first-order chi connectivity index (χ1) is 12.1. The molecule has 4 heteroatoms. The summed E-state index contributed by atoms with van der Waals surface area (Å²) in [6.07, 6.45) is 8.93. The number of aliphatic imine (C=N–C) groups is 1. The summed E-state index contributed by atoms with van der Waals surface area (Å²) < 4.78 is 11.7. The van der Waals surface area contributed by atoms with Gasteiger partial charge in [0.25, 0.3) is 0 Å². The minimum absolute atomic E-state index is 0.208. The highest BCUT2D eigenvalue weighted by atomic mass is 16.5. The third kappa shape index (κ3) is 3.22. The second kappa shape index (κ2) is 6.66. The van der Waals surface area contributed by atoms with Crippen molar-refractivity contribution in [1.29, 1.82) is 0 Å². The number of aryl methyl sites for hydroxylation is 2. The van der Waals surface area contributed by atoms with Crippen molar-refractivity contribution in [2.75, 3.05) is 0 Å². The van der Waals surface area contributed by atoms with Gasteiger partial charge >= 0.3 is 5.97 Å². The Bertz CT molecular complexity index is 770. The molecule has 132 valence electrons. The average molecular weight is 339 g/mol. The minimum atomic E-state index is -0.208. The number of cyclic esters (lactones) is 1. The van der Waals surface area contributed by atoms with E-state index in [4.69, 9.17) is 14.5 Å². The molecule has 4 rings (SSSR count). The van der Waals surface area contributed by atoms with Gasteiger partial charge in [0.1, 0.15) is 5.75 Å². The second-order valence-corrected chi connectivity index (χ2v) is 7.40. The van der Waals surface area contributed by atoms with Crippen LogP contribution in [0.5, 0.6) is 5.75 Å². The maximum absolute atomic E-state index is 12.1. The van der Waals surface area contributed by atoms with Crippen LogP contribution < -0.4 is 4.74 Å². The van der Waals surface area contributed by atoms with Gasteiger partial charge in [0.15, 0.2) is 0 Å². The third-order valence-electron chi connectivity index (χ3n) is 5.47. The molecule has 0 unspecified atom stereocenters. The standard InChI is InChI=1S/C21H25NO3/c1-13-11-14(2)19(24-15-7-3-4-8-15)12-18(13)22-20-16-9-5-6-10-17(16)21(23)25-20/h11-12,15H,3-10H2,1-2H3. The summed E-state index contributed by atoms with van der Waals surface area (Å²) in [4.78, 5) is 16.8. The summed E-state index contributed by atoms with van der Waals surface area (Å²) in [6.45, 7) is 4.12. The van der Waals surface area contributed by atoms with Gasteiger partial charge in [-0.3, -0.25) is 0 Å². The molecule has 0 aromatic heterocycles. The molecule has 1 heterocycles. The van der Waals surface area contributed by atoms with E-state index in [2.05, 4.69) is 13.0 Å². The minimum Gasteiger partial charge on any atom is -0.490 e. The summed E-state index contributed by atoms with van der Waals surface area (Å²) in [7, 11) is 0. The highest BCUT2D eigenvalue weighted by Gasteiger charge is 2.32. The van der Waals surface area contributed by atoms with Gasteiger partial charge < -0.3 is 9.47 Å². The fourth-order valence-corrected chi connectivity index (χ4v) is 4.03. The van der Waals surface area contributed by atoms with Crippen LogP contribution >= 0.6 is 0 Å². The molecular formula is C21H25NO3. The molecule has 3 aliphatic rings. The summed E-state index contributed by atoms with van der Waals surface area (Å²) in [5.41, 5.74) is 4.88. The Hall–Kier alpha value is -2.10. The van der Waals surface area contributed by atoms with Crippen molar-refractivity contribution in [1.82, 2.24) is 0 Å². The first-order valence-electron chi connectivity index (χ1n) is 9.43. The van der Waals surface area contributed by atoms with Crippen molar-refractivity contribution in [2.45, 2.75) is 71.3 Å². The zero-order valence-corrected chi connectivity index (χ0v) is 15.1. The van der Waals surface area contributed by atoms with E-state index in [-0.39, 0.29) is 5.97 Å². The Labute approximate surface area is 148 Å². The number of carbonyl (C=O) groups excluding carboxylic acids is 1. The zero-order chi connectivity index (χ0) is 17.4. The topological polar surface area (TPSA) is 47.9 Å². The fourth-order valence-electron chi connectivity index (χ4n) is 4.03. The van der Waals surface area contributed by atoms with Crippen molar-refractivity contribution >= 4 is 17.6 Å². The van der Waals surface area contributed by atoms with E-state index in [1.807, 2.05) is 13.0 Å². The molecule has 0 bridgehead atoms. The predicted molar refractivity (Wildman–Crippen MR) is 97.5 cm³/mol. The van der Waals surface area contributed by atoms with Crippen molar-refractivity contribution < 1.29 is 14.3 Å². The Balaban J connectivity index is 1.66. The maximum Gasteiger partial charge on any atom is 0.341 e. The average Bonchev–Trinajstić information content (AvgIpc) is 3.21. The van der Waals surface area contributed by atoms with Crippen LogP contribution in [0.15, 0.2) is 28.3 Å². The second-order valence-electron chi connectivity index (χ2n) is 7.40. The number of ether oxygens (including phenoxy) is 2. The van der Waals surface area contributed by atoms with E-state index >= 15 is 0 Å². The van der Waals surface area contributed by atoms with E-state index in [1.54, 1.807) is 0 Å². The monoisotopic (exact) mass is 339 g/mol. The molecule has 0 N–H and O–H groups in total. The van der Waals surface area contributed by atoms with Gasteiger partial charge in [-0.05, 0) is 76.3 Å². The highest BCUT2D eigenvalue weighted by Crippen LogP contribution is 2.36. The molecule has 1 aromatic rings. The lowest BCUT2D eigenvalue weighted by Crippen LogP contribution is -2.11. The van der Waals surface area contributed by atoms with Gasteiger partial charge in [-0.25, -0.2) is 9.79 Å². The van der Waals surface area contributed by atoms with E-state index < -0.39 is 0 Å². The lowest BCUT2D eigenvalue weighted by Gasteiger charge is -2.17. The van der Waals surface area contributed by atoms with Crippen molar-refractivity contribution in [3.05, 3.63) is 34.4 Å². The summed E-state index contributed by atoms with van der Waals surface area (Å²) in [5, 5.41) is 0. The van der Waals surface area contributed by atoms with Crippen LogP contribution in [0.4, 0.5) is 5.69 Å². The molecule has 0 amide bonds. The van der Waals surface area contributed by atoms with Gasteiger partial charge in [0.2, 0.25) is 5.90 Å². The molecule has 1 saturated carbocycles. The van der Waals surface area contributed by atoms with Crippen LogP contribution in [0.1, 0.15) is 62.5 Å². The van der Waals surface area contributed by atoms with Crippen LogP contribution in [-0.4, -0.2) is 18.0 Å². The third-order valence-corrected chi connectivity index (χ3v) is 5.47. The molecule has 25 heavy (non-hydrogen) atoms. The number of rotatable bonds is 3. The van der Waals surface area contributed by atoms with Crippen LogP contribution in [-0.2, 0) is 9.53 Å². The number of nitrogens with zero attached hydrogens (tertiary/aromatic N) is 1. The molecule has 0 spiro atoms. The van der Waals surface area contributed by atoms with Crippen LogP contribution in [0.25, 0.3) is 0 Å². The van der Waals surface area contributed by atoms with Crippen molar-refractivity contribution in [3.8, 4) is 5.75 Å². The number of hydrogen-bond acceptors (Lipinski definition) is 4. The van der Waals surface area contributed by atoms with Gasteiger partial charge in [-0.1, -0.05) is 6.07 Å². The molecule has 1 aromatic carbocycles. The lowest BCUT2D eigenvalue weighted by atomic mass is 9.93. The molecule has 4 nitrogen and oxygen atoms in total. The molecule has 0 atom stereocenters. The Kier molecular flexibility index (Phi) is 4.36. The van der Waals surface area contributed by atoms with Crippen LogP contribution in [0.2, 0.25) is 0 Å². The van der Waals surface area contributed by atoms with Crippen LogP contribution in [0.3, 0.4) is 0 Å². The number of carbonyl (C=O) groups is 1. The van der Waals surface area contributed by atoms with Gasteiger partial charge in [0, 0.05) is 17.2 Å². The van der Waals surface area contributed by atoms with Crippen LogP contribution in [0, 0.1) is 13.8 Å². The number of esters is 1. The van der Waals surface area contributed by atoms with E-state index in [0.717, 1.165) is 72.2 Å². The molecule has 0 radical (unpaired) electrons. The Morgan fingerprint density at radius 1 is 1.00 bits per heavy atom. The molecule has 0 saturated heterocycles. The zero-order valence-electron chi connectivity index (χ0n) is 15.1. The van der Waals surface area contributed by atoms with Gasteiger partial charge in [-0.15, -0.1) is 0 Å². The molecular weight excluding hydrogens is 314 g/mol.